The molecule has 0 N–H and O–H groups in total. The van der Waals surface area contributed by atoms with Gasteiger partial charge in [-0.25, -0.2) is 4.98 Å². The molecule has 0 saturated carbocycles. The molecule has 0 amide bonds. The molecule has 0 fully saturated rings. The lowest BCUT2D eigenvalue weighted by atomic mass is 10.0. The molecule has 0 bridgehead atoms. The van der Waals surface area contributed by atoms with Crippen molar-refractivity contribution in [3.8, 4) is 11.1 Å². The van der Waals surface area contributed by atoms with Crippen LogP contribution in [0.3, 0.4) is 0 Å². The highest BCUT2D eigenvalue weighted by atomic mass is 15.2. The van der Waals surface area contributed by atoms with Gasteiger partial charge in [0.2, 0.25) is 0 Å². The molecule has 0 aliphatic carbocycles. The van der Waals surface area contributed by atoms with Crippen LogP contribution in [0.15, 0.2) is 37.1 Å². The van der Waals surface area contributed by atoms with Crippen molar-refractivity contribution in [1.82, 2.24) is 9.97 Å². The van der Waals surface area contributed by atoms with Crippen LogP contribution in [0.5, 0.6) is 0 Å². The van der Waals surface area contributed by atoms with Crippen molar-refractivity contribution < 1.29 is 0 Å². The van der Waals surface area contributed by atoms with Gasteiger partial charge in [0, 0.05) is 36.2 Å². The van der Waals surface area contributed by atoms with E-state index in [-0.39, 0.29) is 0 Å². The van der Waals surface area contributed by atoms with E-state index in [1.54, 1.807) is 0 Å². The molecule has 0 aliphatic heterocycles. The van der Waals surface area contributed by atoms with Crippen LogP contribution in [0.4, 0.5) is 5.82 Å². The molecular formula is C20H27N3. The van der Waals surface area contributed by atoms with Crippen molar-refractivity contribution in [1.29, 1.82) is 0 Å². The van der Waals surface area contributed by atoms with E-state index in [0.29, 0.717) is 0 Å². The number of hydrogen-bond acceptors (Lipinski definition) is 3. The van der Waals surface area contributed by atoms with Crippen molar-refractivity contribution in [3.05, 3.63) is 54.0 Å². The molecule has 0 radical (unpaired) electrons. The van der Waals surface area contributed by atoms with E-state index in [1.165, 1.54) is 16.7 Å². The van der Waals surface area contributed by atoms with Crippen LogP contribution in [-0.4, -0.2) is 23.1 Å². The summed E-state index contributed by atoms with van der Waals surface area (Å²) in [5.41, 5.74) is 5.66. The fraction of sp³-hybridized carbons (Fsp3) is 0.400. The van der Waals surface area contributed by atoms with Crippen LogP contribution < -0.4 is 4.90 Å². The summed E-state index contributed by atoms with van der Waals surface area (Å²) in [6, 6.07) is 6.54. The predicted molar refractivity (Wildman–Crippen MR) is 99.0 cm³/mol. The largest absolute Gasteiger partial charge is 0.356 e. The lowest BCUT2D eigenvalue weighted by molar-refractivity contribution is 0.752. The fourth-order valence-corrected chi connectivity index (χ4v) is 2.76. The number of aromatic nitrogens is 2. The SMILES string of the molecule is C=CCCN(CCC)c1cc(-c2cc(C)cnc2C)cc(C)n1. The van der Waals surface area contributed by atoms with Crippen LogP contribution in [0.2, 0.25) is 0 Å². The molecule has 0 aromatic carbocycles. The number of rotatable bonds is 7. The van der Waals surface area contributed by atoms with E-state index in [2.05, 4.69) is 62.4 Å². The molecule has 2 heterocycles. The average molecular weight is 309 g/mol. The molecule has 2 aromatic rings. The average Bonchev–Trinajstić information content (AvgIpc) is 2.53. The molecule has 122 valence electrons. The van der Waals surface area contributed by atoms with Crippen molar-refractivity contribution >= 4 is 5.82 Å². The smallest absolute Gasteiger partial charge is 0.129 e. The van der Waals surface area contributed by atoms with Gasteiger partial charge in [-0.3, -0.25) is 4.98 Å². The van der Waals surface area contributed by atoms with Crippen LogP contribution in [0, 0.1) is 20.8 Å². The third kappa shape index (κ3) is 4.41. The second-order valence-corrected chi connectivity index (χ2v) is 6.07. The molecule has 23 heavy (non-hydrogen) atoms. The Hall–Kier alpha value is -2.16. The zero-order valence-corrected chi connectivity index (χ0v) is 14.8. The number of hydrogen-bond donors (Lipinski definition) is 0. The van der Waals surface area contributed by atoms with Gasteiger partial charge in [0.05, 0.1) is 0 Å². The van der Waals surface area contributed by atoms with E-state index < -0.39 is 0 Å². The molecule has 0 saturated heterocycles. The fourth-order valence-electron chi connectivity index (χ4n) is 2.76. The number of pyridine rings is 2. The van der Waals surface area contributed by atoms with Gasteiger partial charge in [-0.15, -0.1) is 6.58 Å². The third-order valence-corrected chi connectivity index (χ3v) is 3.90. The van der Waals surface area contributed by atoms with Gasteiger partial charge in [0.1, 0.15) is 5.82 Å². The Morgan fingerprint density at radius 2 is 1.91 bits per heavy atom. The van der Waals surface area contributed by atoms with Gasteiger partial charge < -0.3 is 4.90 Å². The normalized spacial score (nSPS) is 10.6. The summed E-state index contributed by atoms with van der Waals surface area (Å²) >= 11 is 0. The van der Waals surface area contributed by atoms with Crippen molar-refractivity contribution in [2.45, 2.75) is 40.5 Å². The molecular weight excluding hydrogens is 282 g/mol. The molecule has 3 heteroatoms. The molecule has 2 aromatic heterocycles. The van der Waals surface area contributed by atoms with Crippen LogP contribution >= 0.6 is 0 Å². The second-order valence-electron chi connectivity index (χ2n) is 6.07. The Morgan fingerprint density at radius 1 is 1.13 bits per heavy atom. The molecule has 0 aliphatic rings. The van der Waals surface area contributed by atoms with E-state index >= 15 is 0 Å². The van der Waals surface area contributed by atoms with E-state index in [9.17, 15) is 0 Å². The Kier molecular flexibility index (Phi) is 5.91. The molecule has 2 rings (SSSR count). The zero-order valence-electron chi connectivity index (χ0n) is 14.8. The van der Waals surface area contributed by atoms with Gasteiger partial charge in [0.15, 0.2) is 0 Å². The Morgan fingerprint density at radius 3 is 2.61 bits per heavy atom. The summed E-state index contributed by atoms with van der Waals surface area (Å²) < 4.78 is 0. The topological polar surface area (TPSA) is 29.0 Å². The van der Waals surface area contributed by atoms with Crippen LogP contribution in [0.1, 0.15) is 36.7 Å². The van der Waals surface area contributed by atoms with Crippen LogP contribution in [0.25, 0.3) is 11.1 Å². The first-order valence-electron chi connectivity index (χ1n) is 8.33. The summed E-state index contributed by atoms with van der Waals surface area (Å²) in [6.45, 7) is 14.2. The van der Waals surface area contributed by atoms with Crippen LogP contribution in [-0.2, 0) is 0 Å². The van der Waals surface area contributed by atoms with Gasteiger partial charge in [-0.1, -0.05) is 13.0 Å². The molecule has 0 spiro atoms. The summed E-state index contributed by atoms with van der Waals surface area (Å²) in [7, 11) is 0. The lowest BCUT2D eigenvalue weighted by Crippen LogP contribution is -2.26. The van der Waals surface area contributed by atoms with E-state index in [1.807, 2.05) is 12.3 Å². The van der Waals surface area contributed by atoms with Crippen molar-refractivity contribution in [3.63, 3.8) is 0 Å². The maximum Gasteiger partial charge on any atom is 0.129 e. The maximum absolute atomic E-state index is 4.75. The molecule has 3 nitrogen and oxygen atoms in total. The van der Waals surface area contributed by atoms with E-state index in [4.69, 9.17) is 4.98 Å². The molecule has 0 unspecified atom stereocenters. The monoisotopic (exact) mass is 309 g/mol. The third-order valence-electron chi connectivity index (χ3n) is 3.90. The standard InChI is InChI=1S/C20H27N3/c1-6-8-10-23(9-7-2)20-13-18(12-16(4)22-20)19-11-15(3)14-21-17(19)5/h6,11-14H,1,7-10H2,2-5H3. The van der Waals surface area contributed by atoms with Gasteiger partial charge in [-0.05, 0) is 62.9 Å². The van der Waals surface area contributed by atoms with Crippen molar-refractivity contribution in [2.24, 2.45) is 0 Å². The Balaban J connectivity index is 2.45. The first-order valence-corrected chi connectivity index (χ1v) is 8.33. The maximum atomic E-state index is 4.75. The van der Waals surface area contributed by atoms with E-state index in [0.717, 1.165) is 43.1 Å². The number of anilines is 1. The minimum atomic E-state index is 0.957. The zero-order chi connectivity index (χ0) is 16.8. The quantitative estimate of drug-likeness (QED) is 0.684. The highest BCUT2D eigenvalue weighted by Gasteiger charge is 2.11. The minimum Gasteiger partial charge on any atom is -0.356 e. The summed E-state index contributed by atoms with van der Waals surface area (Å²) in [4.78, 5) is 11.6. The minimum absolute atomic E-state index is 0.957. The van der Waals surface area contributed by atoms with Gasteiger partial charge in [0.25, 0.3) is 0 Å². The van der Waals surface area contributed by atoms with Gasteiger partial charge in [-0.2, -0.15) is 0 Å². The number of nitrogens with zero attached hydrogens (tertiary/aromatic N) is 3. The lowest BCUT2D eigenvalue weighted by Gasteiger charge is -2.24. The summed E-state index contributed by atoms with van der Waals surface area (Å²) in [6.07, 6.45) is 5.96. The first kappa shape index (κ1) is 17.2. The van der Waals surface area contributed by atoms with Crippen molar-refractivity contribution in [2.75, 3.05) is 18.0 Å². The first-order chi connectivity index (χ1) is 11.0. The molecule has 0 atom stereocenters. The summed E-state index contributed by atoms with van der Waals surface area (Å²) in [5.74, 6) is 1.05. The Labute approximate surface area is 140 Å². The Bertz CT molecular complexity index is 677. The highest BCUT2D eigenvalue weighted by Crippen LogP contribution is 2.27. The van der Waals surface area contributed by atoms with Gasteiger partial charge >= 0.3 is 0 Å². The second kappa shape index (κ2) is 7.91. The highest BCUT2D eigenvalue weighted by molar-refractivity contribution is 5.69. The summed E-state index contributed by atoms with van der Waals surface area (Å²) in [5, 5.41) is 0. The predicted octanol–water partition coefficient (Wildman–Crippen LogP) is 4.86. The number of aryl methyl sites for hydroxylation is 3.